The maximum Gasteiger partial charge on any atom is 0.119 e. The molecule has 1 atom stereocenters. The lowest BCUT2D eigenvalue weighted by molar-refractivity contribution is 0.240. The van der Waals surface area contributed by atoms with Crippen molar-refractivity contribution in [2.75, 3.05) is 33.3 Å². The molecule has 1 fully saturated rings. The minimum atomic E-state index is 0.438. The fourth-order valence-electron chi connectivity index (χ4n) is 2.86. The van der Waals surface area contributed by atoms with Crippen molar-refractivity contribution in [3.05, 3.63) is 41.5 Å². The third-order valence-corrected chi connectivity index (χ3v) is 4.05. The molecular formula is C18H28N2O. The summed E-state index contributed by atoms with van der Waals surface area (Å²) in [6.07, 6.45) is 4.87. The zero-order chi connectivity index (χ0) is 15.1. The van der Waals surface area contributed by atoms with E-state index in [0.717, 1.165) is 18.8 Å². The highest BCUT2D eigenvalue weighted by atomic mass is 16.5. The average Bonchev–Trinajstić information content (AvgIpc) is 3.01. The first-order valence-electron chi connectivity index (χ1n) is 7.93. The lowest BCUT2D eigenvalue weighted by Crippen LogP contribution is -2.34. The molecule has 1 N–H and O–H groups in total. The Morgan fingerprint density at radius 3 is 2.76 bits per heavy atom. The van der Waals surface area contributed by atoms with Crippen molar-refractivity contribution in [2.45, 2.75) is 32.7 Å². The predicted octanol–water partition coefficient (Wildman–Crippen LogP) is 3.39. The molecule has 1 aliphatic rings. The van der Waals surface area contributed by atoms with Gasteiger partial charge in [0.15, 0.2) is 0 Å². The van der Waals surface area contributed by atoms with Gasteiger partial charge in [-0.2, -0.15) is 0 Å². The molecule has 2 rings (SSSR count). The molecule has 1 aliphatic heterocycles. The van der Waals surface area contributed by atoms with Gasteiger partial charge in [0.25, 0.3) is 0 Å². The molecule has 1 aromatic rings. The van der Waals surface area contributed by atoms with Crippen LogP contribution in [0.4, 0.5) is 0 Å². The van der Waals surface area contributed by atoms with Crippen molar-refractivity contribution in [3.8, 4) is 5.75 Å². The highest BCUT2D eigenvalue weighted by Crippen LogP contribution is 2.27. The van der Waals surface area contributed by atoms with Crippen LogP contribution in [0.1, 0.15) is 38.3 Å². The van der Waals surface area contributed by atoms with Gasteiger partial charge < -0.3 is 10.1 Å². The fourth-order valence-corrected chi connectivity index (χ4v) is 2.86. The van der Waals surface area contributed by atoms with E-state index in [1.165, 1.54) is 37.1 Å². The van der Waals surface area contributed by atoms with Gasteiger partial charge in [-0.05, 0) is 57.5 Å². The summed E-state index contributed by atoms with van der Waals surface area (Å²) in [7, 11) is 1.73. The first-order chi connectivity index (χ1) is 10.2. The molecule has 1 aromatic carbocycles. The number of rotatable bonds is 7. The van der Waals surface area contributed by atoms with E-state index in [1.54, 1.807) is 7.11 Å². The number of likely N-dealkylation sites (tertiary alicyclic amines) is 1. The second-order valence-corrected chi connectivity index (χ2v) is 5.98. The molecule has 1 saturated heterocycles. The van der Waals surface area contributed by atoms with Gasteiger partial charge in [0.1, 0.15) is 5.75 Å². The summed E-state index contributed by atoms with van der Waals surface area (Å²) in [6, 6.07) is 8.93. The molecule has 0 bridgehead atoms. The van der Waals surface area contributed by atoms with Gasteiger partial charge in [0.2, 0.25) is 0 Å². The summed E-state index contributed by atoms with van der Waals surface area (Å²) in [5.41, 5.74) is 2.71. The minimum absolute atomic E-state index is 0.438. The molecule has 0 saturated carbocycles. The van der Waals surface area contributed by atoms with E-state index in [0.29, 0.717) is 6.04 Å². The Kier molecular flexibility index (Phi) is 6.27. The first kappa shape index (κ1) is 16.1. The number of hydrogen-bond donors (Lipinski definition) is 1. The van der Waals surface area contributed by atoms with Crippen LogP contribution in [0.3, 0.4) is 0 Å². The predicted molar refractivity (Wildman–Crippen MR) is 88.8 cm³/mol. The summed E-state index contributed by atoms with van der Waals surface area (Å²) < 4.78 is 5.38. The number of hydrogen-bond acceptors (Lipinski definition) is 3. The Hall–Kier alpha value is -1.32. The van der Waals surface area contributed by atoms with Crippen LogP contribution in [0.15, 0.2) is 35.9 Å². The van der Waals surface area contributed by atoms with Crippen LogP contribution in [0.25, 0.3) is 0 Å². The topological polar surface area (TPSA) is 24.5 Å². The van der Waals surface area contributed by atoms with Gasteiger partial charge in [-0.25, -0.2) is 0 Å². The van der Waals surface area contributed by atoms with Crippen LogP contribution in [-0.2, 0) is 0 Å². The third-order valence-electron chi connectivity index (χ3n) is 4.05. The highest BCUT2D eigenvalue weighted by Gasteiger charge is 2.23. The normalized spacial score (nSPS) is 16.7. The van der Waals surface area contributed by atoms with Crippen molar-refractivity contribution in [3.63, 3.8) is 0 Å². The van der Waals surface area contributed by atoms with E-state index in [1.807, 2.05) is 6.07 Å². The Morgan fingerprint density at radius 1 is 1.33 bits per heavy atom. The smallest absolute Gasteiger partial charge is 0.119 e. The number of methoxy groups -OCH3 is 1. The summed E-state index contributed by atoms with van der Waals surface area (Å²) in [5.74, 6) is 0.945. The van der Waals surface area contributed by atoms with Crippen molar-refractivity contribution in [1.82, 2.24) is 10.2 Å². The highest BCUT2D eigenvalue weighted by molar-refractivity contribution is 5.31. The van der Waals surface area contributed by atoms with E-state index in [9.17, 15) is 0 Å². The fraction of sp³-hybridized carbons (Fsp3) is 0.556. The van der Waals surface area contributed by atoms with Crippen LogP contribution in [0.5, 0.6) is 5.75 Å². The summed E-state index contributed by atoms with van der Waals surface area (Å²) in [6.45, 7) is 8.61. The monoisotopic (exact) mass is 288 g/mol. The number of ether oxygens (including phenoxy) is 1. The standard InChI is InChI=1S/C18H28N2O/c1-15(2)9-10-19-14-18(20-11-4-5-12-20)16-7-6-8-17(13-16)21-3/h6-9,13,18-19H,4-5,10-12,14H2,1-3H3. The SMILES string of the molecule is COc1cccc(C(CNCC=C(C)C)N2CCCC2)c1. The van der Waals surface area contributed by atoms with Gasteiger partial charge in [-0.15, -0.1) is 0 Å². The van der Waals surface area contributed by atoms with Crippen LogP contribution in [0, 0.1) is 0 Å². The number of benzene rings is 1. The molecule has 0 aromatic heterocycles. The minimum Gasteiger partial charge on any atom is -0.497 e. The average molecular weight is 288 g/mol. The van der Waals surface area contributed by atoms with Gasteiger partial charge in [-0.1, -0.05) is 23.8 Å². The second kappa shape index (κ2) is 8.20. The quantitative estimate of drug-likeness (QED) is 0.615. The van der Waals surface area contributed by atoms with Crippen LogP contribution >= 0.6 is 0 Å². The van der Waals surface area contributed by atoms with Crippen molar-refractivity contribution < 1.29 is 4.74 Å². The Balaban J connectivity index is 2.05. The molecule has 116 valence electrons. The van der Waals surface area contributed by atoms with Gasteiger partial charge in [0.05, 0.1) is 7.11 Å². The number of allylic oxidation sites excluding steroid dienone is 1. The molecule has 1 heterocycles. The van der Waals surface area contributed by atoms with E-state index >= 15 is 0 Å². The van der Waals surface area contributed by atoms with Gasteiger partial charge in [0, 0.05) is 19.1 Å². The lowest BCUT2D eigenvalue weighted by Gasteiger charge is -2.28. The summed E-state index contributed by atoms with van der Waals surface area (Å²) >= 11 is 0. The van der Waals surface area contributed by atoms with Crippen molar-refractivity contribution in [1.29, 1.82) is 0 Å². The lowest BCUT2D eigenvalue weighted by atomic mass is 10.0. The molecule has 0 aliphatic carbocycles. The van der Waals surface area contributed by atoms with E-state index in [-0.39, 0.29) is 0 Å². The zero-order valence-electron chi connectivity index (χ0n) is 13.6. The Labute approximate surface area is 129 Å². The third kappa shape index (κ3) is 4.87. The molecule has 0 amide bonds. The van der Waals surface area contributed by atoms with E-state index < -0.39 is 0 Å². The van der Waals surface area contributed by atoms with E-state index in [4.69, 9.17) is 4.74 Å². The molecular weight excluding hydrogens is 260 g/mol. The Morgan fingerprint density at radius 2 is 2.10 bits per heavy atom. The zero-order valence-corrected chi connectivity index (χ0v) is 13.6. The van der Waals surface area contributed by atoms with Crippen LogP contribution in [0.2, 0.25) is 0 Å². The summed E-state index contributed by atoms with van der Waals surface area (Å²) in [5, 5.41) is 3.57. The van der Waals surface area contributed by atoms with Gasteiger partial charge >= 0.3 is 0 Å². The van der Waals surface area contributed by atoms with Crippen molar-refractivity contribution >= 4 is 0 Å². The maximum absolute atomic E-state index is 5.38. The molecule has 3 heteroatoms. The molecule has 1 unspecified atom stereocenters. The summed E-state index contributed by atoms with van der Waals surface area (Å²) in [4.78, 5) is 2.59. The van der Waals surface area contributed by atoms with Gasteiger partial charge in [-0.3, -0.25) is 4.90 Å². The molecule has 21 heavy (non-hydrogen) atoms. The van der Waals surface area contributed by atoms with Crippen LogP contribution in [-0.4, -0.2) is 38.2 Å². The molecule has 3 nitrogen and oxygen atoms in total. The molecule has 0 spiro atoms. The number of nitrogens with one attached hydrogen (secondary N) is 1. The van der Waals surface area contributed by atoms with Crippen molar-refractivity contribution in [2.24, 2.45) is 0 Å². The van der Waals surface area contributed by atoms with Crippen LogP contribution < -0.4 is 10.1 Å². The largest absolute Gasteiger partial charge is 0.497 e. The number of nitrogens with zero attached hydrogens (tertiary/aromatic N) is 1. The second-order valence-electron chi connectivity index (χ2n) is 5.98. The maximum atomic E-state index is 5.38. The van der Waals surface area contributed by atoms with E-state index in [2.05, 4.69) is 48.3 Å². The molecule has 0 radical (unpaired) electrons. The first-order valence-corrected chi connectivity index (χ1v) is 7.93. The Bertz CT molecular complexity index is 460.